The lowest BCUT2D eigenvalue weighted by Gasteiger charge is -2.58. The van der Waals surface area contributed by atoms with Crippen molar-refractivity contribution in [3.63, 3.8) is 0 Å². The lowest BCUT2D eigenvalue weighted by atomic mass is 9.50. The van der Waals surface area contributed by atoms with Crippen LogP contribution in [0.15, 0.2) is 35.5 Å². The first-order chi connectivity index (χ1) is 14.9. The van der Waals surface area contributed by atoms with Crippen LogP contribution in [0.4, 0.5) is 4.79 Å². The number of rotatable bonds is 6. The first-order valence-electron chi connectivity index (χ1n) is 11.1. The summed E-state index contributed by atoms with van der Waals surface area (Å²) in [5.41, 5.74) is 0.942. The van der Waals surface area contributed by atoms with Gasteiger partial charge in [0, 0.05) is 30.9 Å². The van der Waals surface area contributed by atoms with Gasteiger partial charge in [0.25, 0.3) is 0 Å². The Balaban J connectivity index is 1.46. The number of ether oxygens (including phenoxy) is 4. The van der Waals surface area contributed by atoms with Crippen LogP contribution in [0.25, 0.3) is 0 Å². The van der Waals surface area contributed by atoms with Gasteiger partial charge in [0.2, 0.25) is 0 Å². The van der Waals surface area contributed by atoms with Gasteiger partial charge >= 0.3 is 6.16 Å². The molecule has 2 N–H and O–H groups in total. The smallest absolute Gasteiger partial charge is 0.434 e. The van der Waals surface area contributed by atoms with Gasteiger partial charge in [0.15, 0.2) is 0 Å². The van der Waals surface area contributed by atoms with Crippen LogP contribution in [-0.2, 0) is 18.9 Å². The number of likely N-dealkylation sites (tertiary alicyclic amines) is 1. The number of hydrogen-bond donors (Lipinski definition) is 2. The SMILES string of the molecule is COCCOC(=O)OCCC12O[C@H]3[C@@H](O)C=C[C@H]4[C@H]5CC(=C1[C@]43CCN5C)C=CC2O. The summed E-state index contributed by atoms with van der Waals surface area (Å²) in [6, 6.07) is 0.338. The van der Waals surface area contributed by atoms with E-state index in [1.54, 1.807) is 6.08 Å². The summed E-state index contributed by atoms with van der Waals surface area (Å²) >= 11 is 0. The normalized spacial score (nSPS) is 42.5. The molecule has 170 valence electrons. The van der Waals surface area contributed by atoms with Gasteiger partial charge in [0.05, 0.1) is 25.4 Å². The molecule has 1 spiro atoms. The molecule has 0 radical (unpaired) electrons. The zero-order valence-electron chi connectivity index (χ0n) is 18.0. The van der Waals surface area contributed by atoms with E-state index in [0.717, 1.165) is 25.0 Å². The number of aliphatic hydroxyl groups excluding tert-OH is 2. The first kappa shape index (κ1) is 21.2. The topological polar surface area (TPSA) is 97.7 Å². The second-order valence-corrected chi connectivity index (χ2v) is 9.27. The Hall–Kier alpha value is -1.71. The predicted octanol–water partition coefficient (Wildman–Crippen LogP) is 1.18. The average Bonchev–Trinajstić information content (AvgIpc) is 3.06. The maximum atomic E-state index is 11.9. The molecular weight excluding hydrogens is 402 g/mol. The molecule has 7 atom stereocenters. The Kier molecular flexibility index (Phi) is 5.26. The minimum absolute atomic E-state index is 0.0494. The minimum atomic E-state index is -1.01. The maximum Gasteiger partial charge on any atom is 0.508 e. The number of nitrogens with zero attached hydrogens (tertiary/aromatic N) is 1. The van der Waals surface area contributed by atoms with Crippen molar-refractivity contribution >= 4 is 6.16 Å². The Bertz CT molecular complexity index is 838. The number of piperidine rings is 1. The molecule has 0 aromatic rings. The van der Waals surface area contributed by atoms with Crippen molar-refractivity contribution in [1.82, 2.24) is 4.90 Å². The molecule has 2 unspecified atom stereocenters. The summed E-state index contributed by atoms with van der Waals surface area (Å²) in [5.74, 6) is 0.221. The fourth-order valence-corrected chi connectivity index (χ4v) is 6.65. The number of methoxy groups -OCH3 is 1. The summed E-state index contributed by atoms with van der Waals surface area (Å²) in [7, 11) is 3.69. The highest BCUT2D eigenvalue weighted by Crippen LogP contribution is 2.67. The van der Waals surface area contributed by atoms with Crippen LogP contribution < -0.4 is 0 Å². The van der Waals surface area contributed by atoms with Crippen LogP contribution in [0.5, 0.6) is 0 Å². The van der Waals surface area contributed by atoms with Gasteiger partial charge in [-0.2, -0.15) is 0 Å². The van der Waals surface area contributed by atoms with E-state index < -0.39 is 30.1 Å². The van der Waals surface area contributed by atoms with Gasteiger partial charge in [-0.1, -0.05) is 24.3 Å². The minimum Gasteiger partial charge on any atom is -0.434 e. The highest BCUT2D eigenvalue weighted by Gasteiger charge is 2.71. The van der Waals surface area contributed by atoms with Crippen LogP contribution in [-0.4, -0.2) is 91.7 Å². The third-order valence-corrected chi connectivity index (χ3v) is 7.92. The van der Waals surface area contributed by atoms with Crippen molar-refractivity contribution < 1.29 is 34.0 Å². The van der Waals surface area contributed by atoms with Crippen molar-refractivity contribution in [3.05, 3.63) is 35.5 Å². The van der Waals surface area contributed by atoms with Crippen molar-refractivity contribution in [2.45, 2.75) is 49.2 Å². The molecule has 2 fully saturated rings. The number of carbonyl (C=O) groups is 1. The second kappa shape index (κ2) is 7.71. The summed E-state index contributed by atoms with van der Waals surface area (Å²) in [6.45, 7) is 1.38. The Morgan fingerprint density at radius 3 is 2.84 bits per heavy atom. The van der Waals surface area contributed by atoms with Crippen molar-refractivity contribution in [2.24, 2.45) is 11.3 Å². The molecule has 2 bridgehead atoms. The lowest BCUT2D eigenvalue weighted by Crippen LogP contribution is -2.62. The third-order valence-electron chi connectivity index (χ3n) is 7.92. The van der Waals surface area contributed by atoms with E-state index in [2.05, 4.69) is 18.0 Å². The summed E-state index contributed by atoms with van der Waals surface area (Å²) in [4.78, 5) is 14.3. The Labute approximate surface area is 182 Å². The average molecular weight is 434 g/mol. The second-order valence-electron chi connectivity index (χ2n) is 9.27. The van der Waals surface area contributed by atoms with Gasteiger partial charge in [-0.05, 0) is 37.6 Å². The van der Waals surface area contributed by atoms with Crippen LogP contribution >= 0.6 is 0 Å². The quantitative estimate of drug-likeness (QED) is 0.366. The fraction of sp³-hybridized carbons (Fsp3) is 0.696. The summed E-state index contributed by atoms with van der Waals surface area (Å²) in [6.07, 6.45) is 7.04. The van der Waals surface area contributed by atoms with Gasteiger partial charge < -0.3 is 34.1 Å². The fourth-order valence-electron chi connectivity index (χ4n) is 6.65. The number of aliphatic hydroxyl groups is 2. The molecule has 2 saturated heterocycles. The van der Waals surface area contributed by atoms with Crippen molar-refractivity contribution in [3.8, 4) is 0 Å². The maximum absolute atomic E-state index is 11.9. The van der Waals surface area contributed by atoms with Crippen LogP contribution in [0.1, 0.15) is 19.3 Å². The molecule has 0 aromatic heterocycles. The molecule has 2 heterocycles. The molecular formula is C23H31NO7. The first-order valence-corrected chi connectivity index (χ1v) is 11.1. The number of carbonyl (C=O) groups excluding carboxylic acids is 1. The monoisotopic (exact) mass is 433 g/mol. The largest absolute Gasteiger partial charge is 0.508 e. The molecule has 31 heavy (non-hydrogen) atoms. The van der Waals surface area contributed by atoms with Crippen LogP contribution in [0.2, 0.25) is 0 Å². The Morgan fingerprint density at radius 1 is 1.23 bits per heavy atom. The standard InChI is InChI=1S/C23H31NO7/c1-24-9-7-22-15-4-5-17(25)20(22)31-23(8-10-29-21(27)30-12-11-28-2)18(26)6-3-14(19(22)23)13-16(15)24/h3-6,15-18,20,25-26H,7-13H2,1-2H3/t15-,16+,17-,18?,20-,22-,23?/m0/s1. The van der Waals surface area contributed by atoms with E-state index in [-0.39, 0.29) is 24.5 Å². The molecule has 5 aliphatic rings. The number of hydrogen-bond acceptors (Lipinski definition) is 8. The van der Waals surface area contributed by atoms with Crippen LogP contribution in [0, 0.1) is 11.3 Å². The van der Waals surface area contributed by atoms with E-state index in [4.69, 9.17) is 18.9 Å². The molecule has 5 rings (SSSR count). The highest BCUT2D eigenvalue weighted by molar-refractivity contribution is 5.60. The molecule has 3 aliphatic carbocycles. The van der Waals surface area contributed by atoms with Gasteiger partial charge in [-0.15, -0.1) is 0 Å². The highest BCUT2D eigenvalue weighted by atomic mass is 16.7. The van der Waals surface area contributed by atoms with E-state index in [9.17, 15) is 15.0 Å². The molecule has 0 amide bonds. The summed E-state index contributed by atoms with van der Waals surface area (Å²) in [5, 5.41) is 22.0. The van der Waals surface area contributed by atoms with E-state index in [1.807, 2.05) is 12.2 Å². The molecule has 8 heteroatoms. The van der Waals surface area contributed by atoms with E-state index >= 15 is 0 Å². The molecule has 0 saturated carbocycles. The van der Waals surface area contributed by atoms with E-state index in [0.29, 0.717) is 19.1 Å². The van der Waals surface area contributed by atoms with Gasteiger partial charge in [0.1, 0.15) is 18.3 Å². The predicted molar refractivity (Wildman–Crippen MR) is 110 cm³/mol. The van der Waals surface area contributed by atoms with Crippen LogP contribution in [0.3, 0.4) is 0 Å². The zero-order valence-corrected chi connectivity index (χ0v) is 18.0. The molecule has 8 nitrogen and oxygen atoms in total. The lowest BCUT2D eigenvalue weighted by molar-refractivity contribution is -0.146. The molecule has 2 aliphatic heterocycles. The van der Waals surface area contributed by atoms with Crippen molar-refractivity contribution in [2.75, 3.05) is 40.5 Å². The van der Waals surface area contributed by atoms with Crippen molar-refractivity contribution in [1.29, 1.82) is 0 Å². The third kappa shape index (κ3) is 2.96. The zero-order chi connectivity index (χ0) is 21.8. The van der Waals surface area contributed by atoms with Gasteiger partial charge in [-0.25, -0.2) is 4.79 Å². The number of allylic oxidation sites excluding steroid dienone is 1. The van der Waals surface area contributed by atoms with E-state index in [1.165, 1.54) is 12.7 Å². The molecule has 0 aromatic carbocycles. The summed E-state index contributed by atoms with van der Waals surface area (Å²) < 4.78 is 21.7. The Morgan fingerprint density at radius 2 is 2.03 bits per heavy atom. The van der Waals surface area contributed by atoms with Gasteiger partial charge in [-0.3, -0.25) is 0 Å².